The van der Waals surface area contributed by atoms with Gasteiger partial charge in [-0.3, -0.25) is 21.0 Å². The maximum absolute atomic E-state index is 6.00. The van der Waals surface area contributed by atoms with Gasteiger partial charge in [0.15, 0.2) is 0 Å². The van der Waals surface area contributed by atoms with Crippen molar-refractivity contribution in [2.75, 3.05) is 0 Å². The van der Waals surface area contributed by atoms with Crippen LogP contribution in [-0.2, 0) is 0 Å². The lowest BCUT2D eigenvalue weighted by Gasteiger charge is -1.25. The van der Waals surface area contributed by atoms with Gasteiger partial charge in [0.05, 0.1) is 0 Å². The van der Waals surface area contributed by atoms with Crippen molar-refractivity contribution in [1.82, 2.24) is 0 Å². The van der Waals surface area contributed by atoms with Crippen LogP contribution in [0.25, 0.3) is 0 Å². The van der Waals surface area contributed by atoms with Gasteiger partial charge in [0.1, 0.15) is 0 Å². The number of hydrogen-bond donors (Lipinski definition) is 4. The highest BCUT2D eigenvalue weighted by molar-refractivity contribution is 1.83. The highest BCUT2D eigenvalue weighted by Gasteiger charge is 0.747. The third kappa shape index (κ3) is 1010. The SMILES string of the molecule is O.O.O.OO.OO. The summed E-state index contributed by atoms with van der Waals surface area (Å²) in [5.74, 6) is 0. The van der Waals surface area contributed by atoms with Crippen molar-refractivity contribution in [3.8, 4) is 0 Å². The molecule has 0 atom stereocenters. The van der Waals surface area contributed by atoms with Gasteiger partial charge in [0.2, 0.25) is 0 Å². The smallest absolute Gasteiger partial charge is 0.255 e. The van der Waals surface area contributed by atoms with Gasteiger partial charge in [-0.05, 0) is 0 Å². The molecule has 0 bridgehead atoms. The lowest BCUT2D eigenvalue weighted by Crippen LogP contribution is -1.29. The van der Waals surface area contributed by atoms with Crippen LogP contribution in [0.1, 0.15) is 0 Å². The average Bonchev–Trinajstić information content (AvgIpc) is 1.50. The zero-order valence-electron chi connectivity index (χ0n) is 3.29. The molecule has 7 nitrogen and oxygen atoms in total. The summed E-state index contributed by atoms with van der Waals surface area (Å²) in [6, 6.07) is 0. The first-order valence-electron chi connectivity index (χ1n) is 0.400. The molecule has 0 aliphatic carbocycles. The molecule has 10 N–H and O–H groups in total. The van der Waals surface area contributed by atoms with E-state index in [9.17, 15) is 0 Å². The summed E-state index contributed by atoms with van der Waals surface area (Å²) >= 11 is 0. The van der Waals surface area contributed by atoms with E-state index in [1.54, 1.807) is 0 Å². The molecule has 0 amide bonds. The summed E-state index contributed by atoms with van der Waals surface area (Å²) in [6.07, 6.45) is 0. The molecule has 0 heterocycles. The normalized spacial score (nSPS) is 1.71. The van der Waals surface area contributed by atoms with Crippen LogP contribution >= 0.6 is 0 Å². The Bertz CT molecular complexity index is 0. The summed E-state index contributed by atoms with van der Waals surface area (Å²) in [5, 5.41) is 24.0. The molecule has 0 aliphatic heterocycles. The fourth-order valence-electron chi connectivity index (χ4n) is 0. The van der Waals surface area contributed by atoms with E-state index in [1.165, 1.54) is 0 Å². The van der Waals surface area contributed by atoms with Crippen molar-refractivity contribution in [3.05, 3.63) is 0 Å². The van der Waals surface area contributed by atoms with Crippen LogP contribution in [0, 0.1) is 0 Å². The molecular weight excluding hydrogens is 112 g/mol. The van der Waals surface area contributed by atoms with E-state index in [2.05, 4.69) is 0 Å². The van der Waals surface area contributed by atoms with Gasteiger partial charge in [-0.25, -0.2) is 0 Å². The fourth-order valence-corrected chi connectivity index (χ4v) is 0. The summed E-state index contributed by atoms with van der Waals surface area (Å²) < 4.78 is 0. The first-order valence-corrected chi connectivity index (χ1v) is 0.400. The second-order valence-corrected chi connectivity index (χ2v) is 0. The molecule has 0 aromatic heterocycles. The third-order valence-electron chi connectivity index (χ3n) is 0. The van der Waals surface area contributed by atoms with E-state index in [-0.39, 0.29) is 16.4 Å². The highest BCUT2D eigenvalue weighted by Crippen LogP contribution is 0.713. The maximum atomic E-state index is 6.00. The van der Waals surface area contributed by atoms with Gasteiger partial charge >= 0.3 is 0 Å². The van der Waals surface area contributed by atoms with E-state index >= 15 is 0 Å². The topological polar surface area (TPSA) is 175 Å². The van der Waals surface area contributed by atoms with Crippen LogP contribution in [0.4, 0.5) is 0 Å². The van der Waals surface area contributed by atoms with Crippen LogP contribution in [0.3, 0.4) is 0 Å². The van der Waals surface area contributed by atoms with E-state index in [1.807, 2.05) is 0 Å². The van der Waals surface area contributed by atoms with E-state index in [0.29, 0.717) is 0 Å². The Morgan fingerprint density at radius 1 is 0.429 bits per heavy atom. The quantitative estimate of drug-likeness (QED) is 0.206. The van der Waals surface area contributed by atoms with Gasteiger partial charge in [0, 0.05) is 0 Å². The largest absolute Gasteiger partial charge is 0.412 e. The van der Waals surface area contributed by atoms with Crippen molar-refractivity contribution < 1.29 is 37.5 Å². The monoisotopic (exact) mass is 122 g/mol. The van der Waals surface area contributed by atoms with Crippen molar-refractivity contribution in [3.63, 3.8) is 0 Å². The molecule has 0 rings (SSSR count). The highest BCUT2D eigenvalue weighted by atomic mass is 17.0. The number of hydrogen-bond acceptors (Lipinski definition) is 4. The second-order valence-electron chi connectivity index (χ2n) is 0. The molecule has 0 radical (unpaired) electrons. The Morgan fingerprint density at radius 3 is 0.429 bits per heavy atom. The molecule has 0 aromatic carbocycles. The van der Waals surface area contributed by atoms with Crippen molar-refractivity contribution >= 4 is 0 Å². The van der Waals surface area contributed by atoms with Crippen LogP contribution in [0.5, 0.6) is 0 Å². The fraction of sp³-hybridized carbons (Fsp3) is 0. The zero-order valence-corrected chi connectivity index (χ0v) is 3.29. The van der Waals surface area contributed by atoms with E-state index < -0.39 is 0 Å². The number of rotatable bonds is 0. The third-order valence-corrected chi connectivity index (χ3v) is 0. The predicted octanol–water partition coefficient (Wildman–Crippen LogP) is -2.44. The average molecular weight is 122 g/mol. The Morgan fingerprint density at radius 2 is 0.429 bits per heavy atom. The first kappa shape index (κ1) is 74.3. The molecule has 0 aliphatic rings. The summed E-state index contributed by atoms with van der Waals surface area (Å²) in [7, 11) is 0. The van der Waals surface area contributed by atoms with Crippen LogP contribution in [0.2, 0.25) is 0 Å². The van der Waals surface area contributed by atoms with Gasteiger partial charge < -0.3 is 16.4 Å². The molecule has 7 heavy (non-hydrogen) atoms. The summed E-state index contributed by atoms with van der Waals surface area (Å²) in [4.78, 5) is 0. The zero-order chi connectivity index (χ0) is 4.00. The van der Waals surface area contributed by atoms with E-state index in [0.717, 1.165) is 0 Å². The Balaban J connectivity index is -0.00000000267. The summed E-state index contributed by atoms with van der Waals surface area (Å²) in [5.41, 5.74) is 0. The minimum absolute atomic E-state index is 0. The minimum Gasteiger partial charge on any atom is -0.412 e. The predicted molar refractivity (Wildman–Crippen MR) is 21.4 cm³/mol. The summed E-state index contributed by atoms with van der Waals surface area (Å²) in [6.45, 7) is 0. The molecule has 0 unspecified atom stereocenters. The van der Waals surface area contributed by atoms with Gasteiger partial charge in [-0.15, -0.1) is 0 Å². The van der Waals surface area contributed by atoms with Gasteiger partial charge in [-0.2, -0.15) is 0 Å². The van der Waals surface area contributed by atoms with Crippen LogP contribution in [-0.4, -0.2) is 37.5 Å². The van der Waals surface area contributed by atoms with Crippen molar-refractivity contribution in [2.45, 2.75) is 0 Å². The molecule has 0 aromatic rings. The molecule has 0 spiro atoms. The lowest BCUT2D eigenvalue weighted by atomic mass is 15.0. The maximum Gasteiger partial charge on any atom is -0.255 e. The molecule has 0 saturated heterocycles. The van der Waals surface area contributed by atoms with Gasteiger partial charge in [-0.1, -0.05) is 0 Å². The molecule has 0 fully saturated rings. The lowest BCUT2D eigenvalue weighted by molar-refractivity contribution is -0.176. The Kier molecular flexibility index (Phi) is 17300. The Hall–Kier alpha value is -0.280. The van der Waals surface area contributed by atoms with E-state index in [4.69, 9.17) is 21.0 Å². The van der Waals surface area contributed by atoms with Crippen molar-refractivity contribution in [1.29, 1.82) is 0 Å². The molecule has 52 valence electrons. The minimum atomic E-state index is 0. The van der Waals surface area contributed by atoms with Crippen LogP contribution < -0.4 is 0 Å². The molecule has 0 saturated carbocycles. The Labute approximate surface area is 38.9 Å². The van der Waals surface area contributed by atoms with Crippen molar-refractivity contribution in [2.24, 2.45) is 0 Å². The van der Waals surface area contributed by atoms with Gasteiger partial charge in [0.25, 0.3) is 0 Å². The molecular formula is H10O7. The molecule has 7 heteroatoms. The van der Waals surface area contributed by atoms with Crippen LogP contribution in [0.15, 0.2) is 0 Å². The standard InChI is InChI=1S/2H2O2.3H2O/c2*1-2;;;/h2*1-2H;3*1H2. The second kappa shape index (κ2) is 1630. The first-order chi connectivity index (χ1) is 2.00.